The molecule has 2 aromatic rings. The van der Waals surface area contributed by atoms with Crippen LogP contribution in [-0.2, 0) is 11.2 Å². The number of rotatable bonds is 3. The van der Waals surface area contributed by atoms with Crippen LogP contribution in [0.1, 0.15) is 64.1 Å². The average Bonchev–Trinajstić information content (AvgIpc) is 3.33. The molecule has 36 heavy (non-hydrogen) atoms. The van der Waals surface area contributed by atoms with Gasteiger partial charge in [0.15, 0.2) is 5.60 Å². The number of hydrogen-bond donors (Lipinski definition) is 3. The van der Waals surface area contributed by atoms with E-state index in [1.165, 1.54) is 17.7 Å². The lowest BCUT2D eigenvalue weighted by atomic mass is 9.45. The van der Waals surface area contributed by atoms with Crippen molar-refractivity contribution in [2.45, 2.75) is 71.0 Å². The zero-order valence-corrected chi connectivity index (χ0v) is 21.1. The van der Waals surface area contributed by atoms with Crippen LogP contribution in [0.4, 0.5) is 4.39 Å². The summed E-state index contributed by atoms with van der Waals surface area (Å²) in [5, 5.41) is 38.0. The van der Waals surface area contributed by atoms with Gasteiger partial charge in [0.25, 0.3) is 0 Å². The molecule has 1 heterocycles. The number of benzene rings is 1. The van der Waals surface area contributed by atoms with E-state index < -0.39 is 23.1 Å². The molecule has 8 atom stereocenters. The van der Waals surface area contributed by atoms with Crippen LogP contribution in [0.3, 0.4) is 0 Å². The molecule has 4 aliphatic rings. The zero-order valence-electron chi connectivity index (χ0n) is 21.1. The van der Waals surface area contributed by atoms with Crippen molar-refractivity contribution in [1.29, 1.82) is 0 Å². The number of aromatic nitrogens is 2. The maximum absolute atomic E-state index is 13.5. The summed E-state index contributed by atoms with van der Waals surface area (Å²) < 4.78 is 15.3. The van der Waals surface area contributed by atoms with Gasteiger partial charge in [-0.05, 0) is 104 Å². The number of fused-ring (bicyclic) bond motifs is 6. The molecule has 1 aromatic carbocycles. The topological polar surface area (TPSA) is 95.6 Å². The van der Waals surface area contributed by atoms with E-state index in [9.17, 15) is 24.5 Å². The quantitative estimate of drug-likeness (QED) is 0.579. The number of aliphatic hydroxyl groups excluding tert-OH is 1. The van der Waals surface area contributed by atoms with Crippen LogP contribution in [0.25, 0.3) is 11.8 Å². The van der Waals surface area contributed by atoms with Gasteiger partial charge in [0.05, 0.1) is 23.7 Å². The number of aliphatic hydroxyl groups is 2. The van der Waals surface area contributed by atoms with Gasteiger partial charge in [-0.25, -0.2) is 13.9 Å². The maximum atomic E-state index is 13.5. The molecule has 3 N–H and O–H groups in total. The fourth-order valence-electron chi connectivity index (χ4n) is 9.02. The fourth-order valence-corrected chi connectivity index (χ4v) is 9.02. The number of carboxylic acid groups (broad SMARTS) is 1. The highest BCUT2D eigenvalue weighted by atomic mass is 19.1. The molecule has 7 heteroatoms. The smallest absolute Gasteiger partial charge is 0.336 e. The fraction of sp³-hybridized carbons (Fsp3) is 0.586. The van der Waals surface area contributed by atoms with Gasteiger partial charge in [-0.2, -0.15) is 5.10 Å². The Kier molecular flexibility index (Phi) is 5.13. The molecule has 1 unspecified atom stereocenters. The molecule has 0 spiro atoms. The molecule has 0 saturated heterocycles. The van der Waals surface area contributed by atoms with Gasteiger partial charge in [0.1, 0.15) is 5.82 Å². The van der Waals surface area contributed by atoms with Crippen molar-refractivity contribution in [3.63, 3.8) is 0 Å². The predicted molar refractivity (Wildman–Crippen MR) is 133 cm³/mol. The number of carboxylic acids is 1. The lowest BCUT2D eigenvalue weighted by molar-refractivity contribution is -0.200. The number of carbonyl (C=O) groups is 1. The molecular weight excluding hydrogens is 459 g/mol. The molecule has 6 nitrogen and oxygen atoms in total. The highest BCUT2D eigenvalue weighted by molar-refractivity contribution is 5.80. The van der Waals surface area contributed by atoms with E-state index in [0.29, 0.717) is 19.3 Å². The molecule has 0 radical (unpaired) electrons. The molecule has 0 aliphatic heterocycles. The van der Waals surface area contributed by atoms with Gasteiger partial charge < -0.3 is 15.3 Å². The van der Waals surface area contributed by atoms with Gasteiger partial charge in [0, 0.05) is 5.41 Å². The third-order valence-electron chi connectivity index (χ3n) is 10.7. The summed E-state index contributed by atoms with van der Waals surface area (Å²) in [6.45, 7) is 6.10. The third kappa shape index (κ3) is 2.90. The number of halogens is 1. The number of aliphatic carboxylic acids is 1. The van der Waals surface area contributed by atoms with E-state index in [4.69, 9.17) is 0 Å². The molecular formula is C29H35FN2O4. The van der Waals surface area contributed by atoms with Gasteiger partial charge in [-0.1, -0.05) is 26.3 Å². The Hall–Kier alpha value is -2.51. The van der Waals surface area contributed by atoms with Crippen LogP contribution < -0.4 is 0 Å². The summed E-state index contributed by atoms with van der Waals surface area (Å²) >= 11 is 0. The summed E-state index contributed by atoms with van der Waals surface area (Å²) in [5.41, 5.74) is 1.28. The van der Waals surface area contributed by atoms with Crippen LogP contribution >= 0.6 is 0 Å². The highest BCUT2D eigenvalue weighted by Gasteiger charge is 2.71. The SMILES string of the molecule is CCC1C[C@H]2[C@@H]3CCC4=Cc5c(cnn5-c5ccc(F)cc5)C[C@]4(C)[C@H]3[C@@H](O)C[C@]2(C)[C@@]1(O)C(=O)O. The van der Waals surface area contributed by atoms with E-state index in [-0.39, 0.29) is 34.9 Å². The molecule has 3 fully saturated rings. The summed E-state index contributed by atoms with van der Waals surface area (Å²) in [6.07, 6.45) is 7.47. The normalized spacial score (nSPS) is 41.1. The van der Waals surface area contributed by atoms with Crippen LogP contribution in [-0.4, -0.2) is 42.8 Å². The second kappa shape index (κ2) is 7.75. The van der Waals surface area contributed by atoms with Gasteiger partial charge >= 0.3 is 5.97 Å². The van der Waals surface area contributed by atoms with E-state index in [1.54, 1.807) is 12.1 Å². The molecule has 0 amide bonds. The van der Waals surface area contributed by atoms with Crippen LogP contribution in [0.15, 0.2) is 36.0 Å². The summed E-state index contributed by atoms with van der Waals surface area (Å²) in [4.78, 5) is 12.4. The van der Waals surface area contributed by atoms with Crippen LogP contribution in [0.2, 0.25) is 0 Å². The summed E-state index contributed by atoms with van der Waals surface area (Å²) in [6, 6.07) is 6.33. The van der Waals surface area contributed by atoms with Crippen molar-refractivity contribution in [3.05, 3.63) is 53.1 Å². The Morgan fingerprint density at radius 1 is 1.25 bits per heavy atom. The first-order chi connectivity index (χ1) is 17.0. The van der Waals surface area contributed by atoms with Crippen molar-refractivity contribution in [2.24, 2.45) is 34.5 Å². The Labute approximate surface area is 210 Å². The molecule has 6 rings (SSSR count). The predicted octanol–water partition coefficient (Wildman–Crippen LogP) is 4.62. The molecule has 3 saturated carbocycles. The van der Waals surface area contributed by atoms with E-state index in [2.05, 4.69) is 18.1 Å². The monoisotopic (exact) mass is 494 g/mol. The zero-order chi connectivity index (χ0) is 25.6. The number of nitrogens with zero attached hydrogens (tertiary/aromatic N) is 2. The standard InChI is InChI=1S/C29H35FN2O4/c1-4-17-11-22-21-10-5-18-12-23-16(15-31-32(23)20-8-6-19(30)7-9-20)13-27(18,2)25(21)24(33)14-28(22,3)29(17,36)26(34)35/h6-9,12,15,17,21-22,24-25,33,36H,4-5,10-11,13-14H2,1-3H3,(H,34,35)/t17?,21-,22-,24-,25+,27-,28-,29-/m0/s1. The van der Waals surface area contributed by atoms with Crippen molar-refractivity contribution in [2.75, 3.05) is 0 Å². The lowest BCUT2D eigenvalue weighted by Crippen LogP contribution is -2.62. The Morgan fingerprint density at radius 2 is 1.97 bits per heavy atom. The number of hydrogen-bond acceptors (Lipinski definition) is 4. The molecule has 1 aromatic heterocycles. The van der Waals surface area contributed by atoms with Crippen molar-refractivity contribution in [1.82, 2.24) is 9.78 Å². The maximum Gasteiger partial charge on any atom is 0.336 e. The van der Waals surface area contributed by atoms with Gasteiger partial charge in [-0.3, -0.25) is 0 Å². The largest absolute Gasteiger partial charge is 0.479 e. The minimum atomic E-state index is -1.81. The Morgan fingerprint density at radius 3 is 2.64 bits per heavy atom. The first-order valence-corrected chi connectivity index (χ1v) is 13.2. The number of allylic oxidation sites excluding steroid dienone is 1. The first-order valence-electron chi connectivity index (χ1n) is 13.2. The summed E-state index contributed by atoms with van der Waals surface area (Å²) in [7, 11) is 0. The van der Waals surface area contributed by atoms with Crippen LogP contribution in [0.5, 0.6) is 0 Å². The molecule has 4 aliphatic carbocycles. The Balaban J connectivity index is 1.39. The lowest BCUT2D eigenvalue weighted by Gasteiger charge is -2.60. The van der Waals surface area contributed by atoms with E-state index >= 15 is 0 Å². The second-order valence-electron chi connectivity index (χ2n) is 12.1. The first kappa shape index (κ1) is 23.9. The van der Waals surface area contributed by atoms with Crippen molar-refractivity contribution in [3.8, 4) is 5.69 Å². The van der Waals surface area contributed by atoms with Crippen LogP contribution in [0, 0.1) is 40.3 Å². The molecule has 0 bridgehead atoms. The summed E-state index contributed by atoms with van der Waals surface area (Å²) in [5.74, 6) is -1.55. The van der Waals surface area contributed by atoms with Crippen molar-refractivity contribution < 1.29 is 24.5 Å². The van der Waals surface area contributed by atoms with Gasteiger partial charge in [-0.15, -0.1) is 0 Å². The van der Waals surface area contributed by atoms with E-state index in [0.717, 1.165) is 36.2 Å². The Bertz CT molecular complexity index is 1250. The minimum absolute atomic E-state index is 0.00783. The van der Waals surface area contributed by atoms with E-state index in [1.807, 2.05) is 24.7 Å². The molecule has 192 valence electrons. The van der Waals surface area contributed by atoms with Crippen molar-refractivity contribution >= 4 is 12.0 Å². The second-order valence-corrected chi connectivity index (χ2v) is 12.1. The van der Waals surface area contributed by atoms with Gasteiger partial charge in [0.2, 0.25) is 0 Å². The average molecular weight is 495 g/mol. The highest BCUT2D eigenvalue weighted by Crippen LogP contribution is 2.69. The minimum Gasteiger partial charge on any atom is -0.479 e. The third-order valence-corrected chi connectivity index (χ3v) is 10.7.